The Labute approximate surface area is 223 Å². The molecule has 4 aromatic carbocycles. The van der Waals surface area contributed by atoms with Gasteiger partial charge in [-0.1, -0.05) is 65.8 Å². The number of aromatic carboxylic acids is 1. The smallest absolute Gasteiger partial charge is 0.338 e. The van der Waals surface area contributed by atoms with Crippen molar-refractivity contribution in [3.8, 4) is 5.75 Å². The number of benzene rings is 4. The summed E-state index contributed by atoms with van der Waals surface area (Å²) in [6, 6.07) is 26.9. The monoisotopic (exact) mass is 535 g/mol. The number of nitrogens with one attached hydrogen (secondary N) is 1. The molecule has 0 aliphatic heterocycles. The number of halogens is 2. The van der Waals surface area contributed by atoms with Gasteiger partial charge in [0.1, 0.15) is 18.2 Å². The molecule has 5 nitrogen and oxygen atoms in total. The summed E-state index contributed by atoms with van der Waals surface area (Å²) in [5, 5.41) is 12.2. The molecule has 0 aliphatic rings. The summed E-state index contributed by atoms with van der Waals surface area (Å²) >= 11 is 8.04. The topological polar surface area (TPSA) is 75.6 Å². The molecule has 0 radical (unpaired) electrons. The molecule has 4 rings (SSSR count). The van der Waals surface area contributed by atoms with Gasteiger partial charge in [0.25, 0.3) is 0 Å². The summed E-state index contributed by atoms with van der Waals surface area (Å²) < 4.78 is 19.5. The zero-order chi connectivity index (χ0) is 26.2. The highest BCUT2D eigenvalue weighted by atomic mass is 35.5. The first-order chi connectivity index (χ1) is 17.9. The summed E-state index contributed by atoms with van der Waals surface area (Å²) in [5.41, 5.74) is 1.63. The van der Waals surface area contributed by atoms with Crippen molar-refractivity contribution in [1.29, 1.82) is 0 Å². The van der Waals surface area contributed by atoms with E-state index in [9.17, 15) is 14.0 Å². The Morgan fingerprint density at radius 3 is 2.46 bits per heavy atom. The molecular formula is C29H23ClFNO4S. The number of anilines is 1. The SMILES string of the molecule is O=C(CCc1ccc(Sc2cccc(OCc3ccccc3)c2)cc1Cl)Nc1ccc(F)c(C(=O)O)c1. The molecule has 0 heterocycles. The third-order valence-corrected chi connectivity index (χ3v) is 6.75. The molecule has 1 amide bonds. The van der Waals surface area contributed by atoms with Crippen molar-refractivity contribution in [1.82, 2.24) is 0 Å². The van der Waals surface area contributed by atoms with Gasteiger partial charge < -0.3 is 15.2 Å². The van der Waals surface area contributed by atoms with Crippen molar-refractivity contribution in [3.63, 3.8) is 0 Å². The number of carbonyl (C=O) groups excluding carboxylic acids is 1. The van der Waals surface area contributed by atoms with Crippen molar-refractivity contribution < 1.29 is 23.8 Å². The Morgan fingerprint density at radius 2 is 1.70 bits per heavy atom. The molecule has 0 atom stereocenters. The Hall–Kier alpha value is -3.81. The van der Waals surface area contributed by atoms with E-state index in [4.69, 9.17) is 21.4 Å². The van der Waals surface area contributed by atoms with Crippen LogP contribution in [0.5, 0.6) is 5.75 Å². The van der Waals surface area contributed by atoms with E-state index in [1.54, 1.807) is 11.8 Å². The standard InChI is InChI=1S/C29H23ClFNO4S/c30-26-17-24(37-23-8-4-7-22(16-23)36-18-19-5-2-1-3-6-19)12-9-20(26)10-14-28(33)32-21-11-13-27(31)25(15-21)29(34)35/h1-9,11-13,15-17H,10,14,18H2,(H,32,33)(H,34,35). The highest BCUT2D eigenvalue weighted by Crippen LogP contribution is 2.33. The predicted octanol–water partition coefficient (Wildman–Crippen LogP) is 7.48. The summed E-state index contributed by atoms with van der Waals surface area (Å²) in [6.45, 7) is 0.491. The number of aryl methyl sites for hydroxylation is 1. The van der Waals surface area contributed by atoms with Gasteiger partial charge in [-0.05, 0) is 66.1 Å². The van der Waals surface area contributed by atoms with Gasteiger partial charge >= 0.3 is 5.97 Å². The van der Waals surface area contributed by atoms with Gasteiger partial charge in [-0.25, -0.2) is 9.18 Å². The molecule has 0 saturated carbocycles. The van der Waals surface area contributed by atoms with Crippen LogP contribution in [0.1, 0.15) is 27.9 Å². The van der Waals surface area contributed by atoms with E-state index >= 15 is 0 Å². The van der Waals surface area contributed by atoms with Crippen LogP contribution in [0.4, 0.5) is 10.1 Å². The number of hydrogen-bond donors (Lipinski definition) is 2. The first-order valence-corrected chi connectivity index (χ1v) is 12.6. The number of hydrogen-bond acceptors (Lipinski definition) is 4. The van der Waals surface area contributed by atoms with E-state index in [0.717, 1.165) is 38.8 Å². The van der Waals surface area contributed by atoms with Crippen LogP contribution in [0.3, 0.4) is 0 Å². The van der Waals surface area contributed by atoms with Crippen LogP contribution < -0.4 is 10.1 Å². The van der Waals surface area contributed by atoms with Gasteiger partial charge in [0.15, 0.2) is 0 Å². The quantitative estimate of drug-likeness (QED) is 0.220. The number of carboxylic acids is 1. The van der Waals surface area contributed by atoms with E-state index in [1.807, 2.05) is 72.8 Å². The van der Waals surface area contributed by atoms with E-state index in [2.05, 4.69) is 5.32 Å². The molecule has 37 heavy (non-hydrogen) atoms. The van der Waals surface area contributed by atoms with Crippen LogP contribution in [0, 0.1) is 5.82 Å². The molecule has 0 bridgehead atoms. The molecule has 0 aromatic heterocycles. The minimum absolute atomic E-state index is 0.132. The normalized spacial score (nSPS) is 10.6. The van der Waals surface area contributed by atoms with Crippen LogP contribution in [0.25, 0.3) is 0 Å². The summed E-state index contributed by atoms with van der Waals surface area (Å²) in [4.78, 5) is 25.4. The lowest BCUT2D eigenvalue weighted by Gasteiger charge is -2.10. The van der Waals surface area contributed by atoms with E-state index in [0.29, 0.717) is 18.1 Å². The average Bonchev–Trinajstić information content (AvgIpc) is 2.89. The Balaban J connectivity index is 1.32. The molecule has 4 aromatic rings. The van der Waals surface area contributed by atoms with Crippen LogP contribution >= 0.6 is 23.4 Å². The zero-order valence-electron chi connectivity index (χ0n) is 19.6. The second-order valence-electron chi connectivity index (χ2n) is 8.15. The van der Waals surface area contributed by atoms with Gasteiger partial charge in [-0.15, -0.1) is 0 Å². The lowest BCUT2D eigenvalue weighted by molar-refractivity contribution is -0.116. The lowest BCUT2D eigenvalue weighted by Crippen LogP contribution is -2.13. The maximum absolute atomic E-state index is 13.5. The molecule has 0 spiro atoms. The Bertz CT molecular complexity index is 1410. The average molecular weight is 536 g/mol. The third-order valence-electron chi connectivity index (χ3n) is 5.42. The maximum Gasteiger partial charge on any atom is 0.338 e. The lowest BCUT2D eigenvalue weighted by atomic mass is 10.1. The number of carbonyl (C=O) groups is 2. The first-order valence-electron chi connectivity index (χ1n) is 11.4. The molecule has 2 N–H and O–H groups in total. The summed E-state index contributed by atoms with van der Waals surface area (Å²) in [5.74, 6) is -1.81. The molecule has 0 fully saturated rings. The van der Waals surface area contributed by atoms with Gasteiger partial charge in [0, 0.05) is 26.9 Å². The number of carboxylic acid groups (broad SMARTS) is 1. The second-order valence-corrected chi connectivity index (χ2v) is 9.71. The van der Waals surface area contributed by atoms with E-state index in [1.165, 1.54) is 6.07 Å². The van der Waals surface area contributed by atoms with Crippen molar-refractivity contribution >= 4 is 40.9 Å². The Kier molecular flexibility index (Phi) is 8.82. The van der Waals surface area contributed by atoms with Crippen LogP contribution in [0.15, 0.2) is 101 Å². The number of rotatable bonds is 10. The minimum atomic E-state index is -1.40. The molecule has 0 aliphatic carbocycles. The van der Waals surface area contributed by atoms with Crippen molar-refractivity contribution in [2.75, 3.05) is 5.32 Å². The van der Waals surface area contributed by atoms with E-state index in [-0.39, 0.29) is 18.0 Å². The van der Waals surface area contributed by atoms with Crippen LogP contribution in [-0.2, 0) is 17.8 Å². The highest BCUT2D eigenvalue weighted by Gasteiger charge is 2.13. The Morgan fingerprint density at radius 1 is 0.919 bits per heavy atom. The van der Waals surface area contributed by atoms with Crippen molar-refractivity contribution in [2.24, 2.45) is 0 Å². The molecule has 0 saturated heterocycles. The summed E-state index contributed by atoms with van der Waals surface area (Å²) in [7, 11) is 0. The maximum atomic E-state index is 13.5. The molecule has 188 valence electrons. The van der Waals surface area contributed by atoms with Crippen LogP contribution in [-0.4, -0.2) is 17.0 Å². The third kappa shape index (κ3) is 7.59. The van der Waals surface area contributed by atoms with Crippen molar-refractivity contribution in [2.45, 2.75) is 29.2 Å². The number of amides is 1. The fourth-order valence-electron chi connectivity index (χ4n) is 3.54. The van der Waals surface area contributed by atoms with Gasteiger partial charge in [0.05, 0.1) is 5.56 Å². The zero-order valence-corrected chi connectivity index (χ0v) is 21.2. The fraction of sp³-hybridized carbons (Fsp3) is 0.103. The van der Waals surface area contributed by atoms with E-state index < -0.39 is 17.3 Å². The molecule has 8 heteroatoms. The van der Waals surface area contributed by atoms with Gasteiger partial charge in [-0.3, -0.25) is 4.79 Å². The van der Waals surface area contributed by atoms with Crippen LogP contribution in [0.2, 0.25) is 5.02 Å². The first kappa shape index (κ1) is 26.3. The highest BCUT2D eigenvalue weighted by molar-refractivity contribution is 7.99. The predicted molar refractivity (Wildman–Crippen MR) is 143 cm³/mol. The second kappa shape index (κ2) is 12.4. The van der Waals surface area contributed by atoms with Gasteiger partial charge in [0.2, 0.25) is 5.91 Å². The van der Waals surface area contributed by atoms with Crippen molar-refractivity contribution in [3.05, 3.63) is 119 Å². The largest absolute Gasteiger partial charge is 0.489 e. The summed E-state index contributed by atoms with van der Waals surface area (Å²) in [6.07, 6.45) is 0.526. The number of ether oxygens (including phenoxy) is 1. The minimum Gasteiger partial charge on any atom is -0.489 e. The fourth-order valence-corrected chi connectivity index (χ4v) is 4.78. The van der Waals surface area contributed by atoms with Gasteiger partial charge in [-0.2, -0.15) is 0 Å². The molecular weight excluding hydrogens is 513 g/mol. The molecule has 0 unspecified atom stereocenters.